The first-order chi connectivity index (χ1) is 9.60. The van der Waals surface area contributed by atoms with Gasteiger partial charge in [0.15, 0.2) is 0 Å². The van der Waals surface area contributed by atoms with Crippen molar-refractivity contribution in [1.29, 1.82) is 0 Å². The molecule has 0 fully saturated rings. The highest BCUT2D eigenvalue weighted by Crippen LogP contribution is 2.27. The summed E-state index contributed by atoms with van der Waals surface area (Å²) in [5.41, 5.74) is 0. The Bertz CT molecular complexity index is 572. The second kappa shape index (κ2) is 6.99. The van der Waals surface area contributed by atoms with Gasteiger partial charge in [0.2, 0.25) is 5.95 Å². The van der Waals surface area contributed by atoms with Crippen molar-refractivity contribution in [3.63, 3.8) is 0 Å². The van der Waals surface area contributed by atoms with Crippen molar-refractivity contribution >= 4 is 39.0 Å². The van der Waals surface area contributed by atoms with Gasteiger partial charge in [-0.05, 0) is 36.2 Å². The average Bonchev–Trinajstić information content (AvgIpc) is 2.86. The summed E-state index contributed by atoms with van der Waals surface area (Å²) >= 11 is 5.16. The summed E-state index contributed by atoms with van der Waals surface area (Å²) < 4.78 is 0.847. The van der Waals surface area contributed by atoms with Crippen molar-refractivity contribution in [3.8, 4) is 0 Å². The van der Waals surface area contributed by atoms with Crippen molar-refractivity contribution in [2.24, 2.45) is 0 Å². The Kier molecular flexibility index (Phi) is 5.31. The SMILES string of the molecule is CCCNc1ncc(Br)c(NC(C)c2ncc(C)s2)n1. The Morgan fingerprint density at radius 1 is 1.35 bits per heavy atom. The van der Waals surface area contributed by atoms with E-state index in [1.807, 2.05) is 6.20 Å². The normalized spacial score (nSPS) is 12.2. The number of thiazole rings is 1. The minimum atomic E-state index is 0.110. The second-order valence-electron chi connectivity index (χ2n) is 4.49. The molecule has 0 saturated heterocycles. The van der Waals surface area contributed by atoms with Gasteiger partial charge >= 0.3 is 0 Å². The van der Waals surface area contributed by atoms with Crippen molar-refractivity contribution < 1.29 is 0 Å². The number of hydrogen-bond donors (Lipinski definition) is 2. The number of nitrogens with zero attached hydrogens (tertiary/aromatic N) is 3. The number of anilines is 2. The maximum atomic E-state index is 4.48. The number of halogens is 1. The van der Waals surface area contributed by atoms with Gasteiger partial charge in [-0.1, -0.05) is 6.92 Å². The molecule has 7 heteroatoms. The Labute approximate surface area is 131 Å². The van der Waals surface area contributed by atoms with Gasteiger partial charge in [-0.3, -0.25) is 0 Å². The smallest absolute Gasteiger partial charge is 0.224 e. The Hall–Kier alpha value is -1.21. The van der Waals surface area contributed by atoms with E-state index in [0.29, 0.717) is 5.95 Å². The molecule has 1 unspecified atom stereocenters. The van der Waals surface area contributed by atoms with Crippen LogP contribution in [0.25, 0.3) is 0 Å². The van der Waals surface area contributed by atoms with Crippen LogP contribution in [0, 0.1) is 6.92 Å². The first kappa shape index (κ1) is 15.2. The lowest BCUT2D eigenvalue weighted by molar-refractivity contribution is 0.855. The zero-order chi connectivity index (χ0) is 14.5. The molecule has 0 saturated carbocycles. The Morgan fingerprint density at radius 2 is 2.15 bits per heavy atom. The quantitative estimate of drug-likeness (QED) is 0.819. The van der Waals surface area contributed by atoms with Gasteiger partial charge in [-0.15, -0.1) is 11.3 Å². The fourth-order valence-electron chi connectivity index (χ4n) is 1.63. The molecular formula is C13H18BrN5S. The van der Waals surface area contributed by atoms with Crippen LogP contribution >= 0.6 is 27.3 Å². The molecule has 2 rings (SSSR count). The molecular weight excluding hydrogens is 338 g/mol. The molecule has 5 nitrogen and oxygen atoms in total. The summed E-state index contributed by atoms with van der Waals surface area (Å²) in [6.45, 7) is 7.10. The third-order valence-corrected chi connectivity index (χ3v) is 4.32. The lowest BCUT2D eigenvalue weighted by atomic mass is 10.3. The number of rotatable bonds is 6. The van der Waals surface area contributed by atoms with Crippen LogP contribution < -0.4 is 10.6 Å². The van der Waals surface area contributed by atoms with E-state index in [-0.39, 0.29) is 6.04 Å². The molecule has 0 bridgehead atoms. The number of aryl methyl sites for hydroxylation is 1. The number of aromatic nitrogens is 3. The fraction of sp³-hybridized carbons (Fsp3) is 0.462. The maximum Gasteiger partial charge on any atom is 0.224 e. The van der Waals surface area contributed by atoms with E-state index in [1.165, 1.54) is 4.88 Å². The molecule has 20 heavy (non-hydrogen) atoms. The Balaban J connectivity index is 2.11. The van der Waals surface area contributed by atoms with Crippen molar-refractivity contribution in [2.75, 3.05) is 17.2 Å². The van der Waals surface area contributed by atoms with Crippen LogP contribution in [-0.4, -0.2) is 21.5 Å². The van der Waals surface area contributed by atoms with E-state index in [1.54, 1.807) is 17.5 Å². The van der Waals surface area contributed by atoms with Gasteiger partial charge in [-0.25, -0.2) is 9.97 Å². The van der Waals surface area contributed by atoms with E-state index in [2.05, 4.69) is 62.3 Å². The van der Waals surface area contributed by atoms with E-state index in [0.717, 1.165) is 28.3 Å². The largest absolute Gasteiger partial charge is 0.360 e. The highest BCUT2D eigenvalue weighted by atomic mass is 79.9. The molecule has 108 valence electrons. The summed E-state index contributed by atoms with van der Waals surface area (Å²) in [5, 5.41) is 7.60. The summed E-state index contributed by atoms with van der Waals surface area (Å²) in [7, 11) is 0. The van der Waals surface area contributed by atoms with Crippen molar-refractivity contribution in [2.45, 2.75) is 33.2 Å². The molecule has 0 aliphatic carbocycles. The van der Waals surface area contributed by atoms with Gasteiger partial charge in [0.1, 0.15) is 10.8 Å². The van der Waals surface area contributed by atoms with Crippen LogP contribution in [0.3, 0.4) is 0 Å². The zero-order valence-corrected chi connectivity index (χ0v) is 14.2. The summed E-state index contributed by atoms with van der Waals surface area (Å²) in [6.07, 6.45) is 4.69. The van der Waals surface area contributed by atoms with Crippen LogP contribution in [0.1, 0.15) is 36.2 Å². The number of nitrogens with one attached hydrogen (secondary N) is 2. The van der Waals surface area contributed by atoms with Crippen molar-refractivity contribution in [3.05, 3.63) is 26.8 Å². The molecule has 0 aromatic carbocycles. The van der Waals surface area contributed by atoms with E-state index in [9.17, 15) is 0 Å². The monoisotopic (exact) mass is 355 g/mol. The molecule has 0 radical (unpaired) electrons. The molecule has 2 aromatic heterocycles. The molecule has 0 aliphatic heterocycles. The highest BCUT2D eigenvalue weighted by Gasteiger charge is 2.12. The fourth-order valence-corrected chi connectivity index (χ4v) is 2.71. The van der Waals surface area contributed by atoms with E-state index < -0.39 is 0 Å². The van der Waals surface area contributed by atoms with E-state index >= 15 is 0 Å². The molecule has 2 heterocycles. The average molecular weight is 356 g/mol. The summed E-state index contributed by atoms with van der Waals surface area (Å²) in [5.74, 6) is 1.42. The predicted molar refractivity (Wildman–Crippen MR) is 87.4 cm³/mol. The van der Waals surface area contributed by atoms with Crippen LogP contribution in [-0.2, 0) is 0 Å². The lowest BCUT2D eigenvalue weighted by Crippen LogP contribution is -2.11. The van der Waals surface area contributed by atoms with Gasteiger partial charge in [0.05, 0.1) is 10.5 Å². The first-order valence-electron chi connectivity index (χ1n) is 6.55. The second-order valence-corrected chi connectivity index (χ2v) is 6.61. The minimum absolute atomic E-state index is 0.110. The van der Waals surface area contributed by atoms with Gasteiger partial charge in [0, 0.05) is 23.8 Å². The topological polar surface area (TPSA) is 62.7 Å². The third kappa shape index (κ3) is 3.89. The number of hydrogen-bond acceptors (Lipinski definition) is 6. The first-order valence-corrected chi connectivity index (χ1v) is 8.16. The lowest BCUT2D eigenvalue weighted by Gasteiger charge is -2.14. The van der Waals surface area contributed by atoms with Crippen LogP contribution in [0.15, 0.2) is 16.9 Å². The zero-order valence-electron chi connectivity index (χ0n) is 11.8. The molecule has 2 aromatic rings. The molecule has 1 atom stereocenters. The van der Waals surface area contributed by atoms with Gasteiger partial charge < -0.3 is 10.6 Å². The van der Waals surface area contributed by atoms with Crippen LogP contribution in [0.4, 0.5) is 11.8 Å². The van der Waals surface area contributed by atoms with Gasteiger partial charge in [-0.2, -0.15) is 4.98 Å². The summed E-state index contributed by atoms with van der Waals surface area (Å²) in [6, 6.07) is 0.110. The van der Waals surface area contributed by atoms with Crippen LogP contribution in [0.5, 0.6) is 0 Å². The third-order valence-electron chi connectivity index (χ3n) is 2.64. The Morgan fingerprint density at radius 3 is 2.80 bits per heavy atom. The predicted octanol–water partition coefficient (Wildman–Crippen LogP) is 4.00. The van der Waals surface area contributed by atoms with Crippen molar-refractivity contribution in [1.82, 2.24) is 15.0 Å². The van der Waals surface area contributed by atoms with Crippen LogP contribution in [0.2, 0.25) is 0 Å². The van der Waals surface area contributed by atoms with E-state index in [4.69, 9.17) is 0 Å². The molecule has 2 N–H and O–H groups in total. The molecule has 0 spiro atoms. The highest BCUT2D eigenvalue weighted by molar-refractivity contribution is 9.10. The minimum Gasteiger partial charge on any atom is -0.360 e. The summed E-state index contributed by atoms with van der Waals surface area (Å²) in [4.78, 5) is 14.3. The van der Waals surface area contributed by atoms with Gasteiger partial charge in [0.25, 0.3) is 0 Å². The molecule has 0 aliphatic rings. The standard InChI is InChI=1S/C13H18BrN5S/c1-4-5-15-13-17-7-10(14)11(19-13)18-9(3)12-16-6-8(2)20-12/h6-7,9H,4-5H2,1-3H3,(H2,15,17,18,19). The molecule has 0 amide bonds. The maximum absolute atomic E-state index is 4.48.